The first-order chi connectivity index (χ1) is 10.2. The Morgan fingerprint density at radius 3 is 2.76 bits per heavy atom. The third kappa shape index (κ3) is 4.60. The summed E-state index contributed by atoms with van der Waals surface area (Å²) in [6, 6.07) is 7.65. The van der Waals surface area contributed by atoms with Crippen LogP contribution in [-0.4, -0.2) is 27.9 Å². The molecule has 0 fully saturated rings. The molecule has 5 nitrogen and oxygen atoms in total. The summed E-state index contributed by atoms with van der Waals surface area (Å²) in [6.07, 6.45) is 1.09. The molecule has 2 rings (SSSR count). The van der Waals surface area contributed by atoms with Crippen molar-refractivity contribution in [3.05, 3.63) is 40.9 Å². The number of aliphatic hydroxyl groups excluding tert-OH is 1. The highest BCUT2D eigenvalue weighted by Crippen LogP contribution is 2.25. The second-order valence-electron chi connectivity index (χ2n) is 4.14. The van der Waals surface area contributed by atoms with Crippen molar-refractivity contribution in [1.82, 2.24) is 10.3 Å². The molecule has 0 radical (unpaired) electrons. The number of nitrogens with one attached hydrogen (secondary N) is 1. The molecule has 0 aliphatic carbocycles. The lowest BCUT2D eigenvalue weighted by Crippen LogP contribution is -2.19. The third-order valence-corrected chi connectivity index (χ3v) is 3.62. The van der Waals surface area contributed by atoms with E-state index in [2.05, 4.69) is 22.1 Å². The first kappa shape index (κ1) is 15.0. The van der Waals surface area contributed by atoms with Crippen LogP contribution in [0.2, 0.25) is 0 Å². The zero-order valence-electron chi connectivity index (χ0n) is 11.2. The van der Waals surface area contributed by atoms with Gasteiger partial charge in [0.1, 0.15) is 5.01 Å². The molecule has 0 bridgehead atoms. The van der Waals surface area contributed by atoms with Crippen molar-refractivity contribution < 1.29 is 15.0 Å². The number of rotatable bonds is 4. The Labute approximate surface area is 126 Å². The van der Waals surface area contributed by atoms with Gasteiger partial charge in [-0.1, -0.05) is 24.0 Å². The SMILES string of the molecule is O=C(O)NCc1cnc(-c2ccc(C#CCCO)cc2)s1. The first-order valence-corrected chi connectivity index (χ1v) is 7.12. The Kier molecular flexibility index (Phi) is 5.32. The molecule has 0 unspecified atom stereocenters. The number of carbonyl (C=O) groups is 1. The minimum absolute atomic E-state index is 0.0668. The number of benzene rings is 1. The molecule has 0 saturated heterocycles. The van der Waals surface area contributed by atoms with E-state index in [9.17, 15) is 4.79 Å². The van der Waals surface area contributed by atoms with E-state index in [0.29, 0.717) is 6.42 Å². The van der Waals surface area contributed by atoms with Crippen LogP contribution in [0.4, 0.5) is 4.79 Å². The van der Waals surface area contributed by atoms with Gasteiger partial charge in [-0.05, 0) is 12.1 Å². The standard InChI is InChI=1S/C15H14N2O3S/c18-8-2-1-3-11-4-6-12(7-5-11)14-16-9-13(21-14)10-17-15(19)20/h4-7,9,17-18H,2,8,10H2,(H,19,20). The monoisotopic (exact) mass is 302 g/mol. The van der Waals surface area contributed by atoms with Crippen LogP contribution in [0.5, 0.6) is 0 Å². The Hall–Kier alpha value is -2.36. The fraction of sp³-hybridized carbons (Fsp3) is 0.200. The Morgan fingerprint density at radius 1 is 1.33 bits per heavy atom. The van der Waals surface area contributed by atoms with E-state index in [0.717, 1.165) is 21.0 Å². The van der Waals surface area contributed by atoms with E-state index in [1.54, 1.807) is 6.20 Å². The van der Waals surface area contributed by atoms with Gasteiger partial charge in [-0.2, -0.15) is 0 Å². The van der Waals surface area contributed by atoms with Crippen LogP contribution >= 0.6 is 11.3 Å². The van der Waals surface area contributed by atoms with Gasteiger partial charge >= 0.3 is 6.09 Å². The maximum Gasteiger partial charge on any atom is 0.404 e. The Balaban J connectivity index is 2.05. The van der Waals surface area contributed by atoms with Crippen LogP contribution in [0.3, 0.4) is 0 Å². The summed E-state index contributed by atoms with van der Waals surface area (Å²) in [5.74, 6) is 5.83. The fourth-order valence-electron chi connectivity index (χ4n) is 1.60. The van der Waals surface area contributed by atoms with Gasteiger partial charge in [-0.15, -0.1) is 11.3 Å². The second-order valence-corrected chi connectivity index (χ2v) is 5.26. The summed E-state index contributed by atoms with van der Waals surface area (Å²) in [7, 11) is 0. The van der Waals surface area contributed by atoms with Crippen molar-refractivity contribution in [2.75, 3.05) is 6.61 Å². The van der Waals surface area contributed by atoms with E-state index < -0.39 is 6.09 Å². The molecule has 108 valence electrons. The van der Waals surface area contributed by atoms with Gasteiger partial charge in [0, 0.05) is 28.6 Å². The number of aliphatic hydroxyl groups is 1. The molecule has 21 heavy (non-hydrogen) atoms. The highest BCUT2D eigenvalue weighted by Gasteiger charge is 2.05. The molecule has 0 aliphatic rings. The molecular weight excluding hydrogens is 288 g/mol. The molecule has 2 aromatic rings. The summed E-state index contributed by atoms with van der Waals surface area (Å²) >= 11 is 1.45. The van der Waals surface area contributed by atoms with Crippen molar-refractivity contribution in [2.24, 2.45) is 0 Å². The van der Waals surface area contributed by atoms with Gasteiger partial charge in [0.2, 0.25) is 0 Å². The Morgan fingerprint density at radius 2 is 2.10 bits per heavy atom. The van der Waals surface area contributed by atoms with Crippen molar-refractivity contribution in [2.45, 2.75) is 13.0 Å². The maximum atomic E-state index is 10.4. The fourth-order valence-corrected chi connectivity index (χ4v) is 2.46. The van der Waals surface area contributed by atoms with E-state index in [1.807, 2.05) is 24.3 Å². The molecule has 0 atom stereocenters. The van der Waals surface area contributed by atoms with Gasteiger partial charge in [0.25, 0.3) is 0 Å². The number of thiazole rings is 1. The Bertz CT molecular complexity index is 668. The number of hydrogen-bond donors (Lipinski definition) is 3. The predicted molar refractivity (Wildman–Crippen MR) is 81.0 cm³/mol. The van der Waals surface area contributed by atoms with Gasteiger partial charge in [0.15, 0.2) is 0 Å². The van der Waals surface area contributed by atoms with Gasteiger partial charge in [-0.3, -0.25) is 0 Å². The molecule has 1 amide bonds. The topological polar surface area (TPSA) is 82.5 Å². The van der Waals surface area contributed by atoms with Crippen molar-refractivity contribution in [1.29, 1.82) is 0 Å². The molecule has 0 spiro atoms. The number of aromatic nitrogens is 1. The smallest absolute Gasteiger partial charge is 0.404 e. The van der Waals surface area contributed by atoms with E-state index >= 15 is 0 Å². The van der Waals surface area contributed by atoms with Crippen molar-refractivity contribution in [3.63, 3.8) is 0 Å². The number of hydrogen-bond acceptors (Lipinski definition) is 4. The van der Waals surface area contributed by atoms with Gasteiger partial charge in [-0.25, -0.2) is 9.78 Å². The third-order valence-electron chi connectivity index (χ3n) is 2.57. The lowest BCUT2D eigenvalue weighted by atomic mass is 10.1. The highest BCUT2D eigenvalue weighted by molar-refractivity contribution is 7.15. The lowest BCUT2D eigenvalue weighted by molar-refractivity contribution is 0.194. The van der Waals surface area contributed by atoms with Crippen LogP contribution in [0.25, 0.3) is 10.6 Å². The second kappa shape index (κ2) is 7.43. The number of nitrogens with zero attached hydrogens (tertiary/aromatic N) is 1. The molecular formula is C15H14N2O3S. The molecule has 3 N–H and O–H groups in total. The summed E-state index contributed by atoms with van der Waals surface area (Å²) in [6.45, 7) is 0.328. The zero-order chi connectivity index (χ0) is 15.1. The molecule has 6 heteroatoms. The van der Waals surface area contributed by atoms with E-state index in [1.165, 1.54) is 11.3 Å². The van der Waals surface area contributed by atoms with E-state index in [-0.39, 0.29) is 13.2 Å². The molecule has 1 aromatic carbocycles. The van der Waals surface area contributed by atoms with Crippen LogP contribution in [0, 0.1) is 11.8 Å². The minimum atomic E-state index is -1.05. The number of amides is 1. The molecule has 0 aliphatic heterocycles. The number of carboxylic acid groups (broad SMARTS) is 1. The molecule has 1 aromatic heterocycles. The first-order valence-electron chi connectivity index (χ1n) is 6.30. The summed E-state index contributed by atoms with van der Waals surface area (Å²) in [4.78, 5) is 15.6. The predicted octanol–water partition coefficient (Wildman–Crippen LogP) is 2.31. The average molecular weight is 302 g/mol. The lowest BCUT2D eigenvalue weighted by Gasteiger charge is -1.97. The van der Waals surface area contributed by atoms with Crippen LogP contribution < -0.4 is 5.32 Å². The van der Waals surface area contributed by atoms with E-state index in [4.69, 9.17) is 10.2 Å². The molecule has 1 heterocycles. The van der Waals surface area contributed by atoms with Crippen LogP contribution in [0.1, 0.15) is 16.9 Å². The summed E-state index contributed by atoms with van der Waals surface area (Å²) in [5, 5.41) is 20.4. The summed E-state index contributed by atoms with van der Waals surface area (Å²) < 4.78 is 0. The van der Waals surface area contributed by atoms with Gasteiger partial charge < -0.3 is 15.5 Å². The van der Waals surface area contributed by atoms with Crippen molar-refractivity contribution in [3.8, 4) is 22.4 Å². The average Bonchev–Trinajstić information content (AvgIpc) is 2.95. The molecule has 0 saturated carbocycles. The quantitative estimate of drug-likeness (QED) is 0.757. The van der Waals surface area contributed by atoms with Crippen LogP contribution in [-0.2, 0) is 6.54 Å². The van der Waals surface area contributed by atoms with Gasteiger partial charge in [0.05, 0.1) is 13.2 Å². The maximum absolute atomic E-state index is 10.4. The minimum Gasteiger partial charge on any atom is -0.465 e. The highest BCUT2D eigenvalue weighted by atomic mass is 32.1. The van der Waals surface area contributed by atoms with Crippen LogP contribution in [0.15, 0.2) is 30.5 Å². The summed E-state index contributed by atoms with van der Waals surface area (Å²) in [5.41, 5.74) is 1.85. The van der Waals surface area contributed by atoms with Crippen molar-refractivity contribution >= 4 is 17.4 Å². The zero-order valence-corrected chi connectivity index (χ0v) is 12.0. The largest absolute Gasteiger partial charge is 0.465 e. The normalized spacial score (nSPS) is 9.76.